The molecule has 0 bridgehead atoms. The largest absolute Gasteiger partial charge is 0.494 e. The van der Waals surface area contributed by atoms with E-state index in [0.29, 0.717) is 53.4 Å². The molecule has 1 amide bonds. The maximum Gasteiger partial charge on any atom is 0.247 e. The molecule has 46 heavy (non-hydrogen) atoms. The molecular weight excluding hydrogens is 594 g/mol. The van der Waals surface area contributed by atoms with E-state index in [1.54, 1.807) is 24.3 Å². The third kappa shape index (κ3) is 6.91. The summed E-state index contributed by atoms with van der Waals surface area (Å²) in [5.74, 6) is -0.660. The van der Waals surface area contributed by atoms with Crippen LogP contribution in [-0.2, 0) is 9.63 Å². The second kappa shape index (κ2) is 14.0. The van der Waals surface area contributed by atoms with Crippen molar-refractivity contribution >= 4 is 34.6 Å². The van der Waals surface area contributed by atoms with E-state index in [2.05, 4.69) is 48.9 Å². The second-order valence-electron chi connectivity index (χ2n) is 11.8. The number of aromatic nitrogens is 2. The van der Waals surface area contributed by atoms with Crippen LogP contribution in [0.2, 0.25) is 0 Å². The zero-order valence-electron chi connectivity index (χ0n) is 26.2. The number of nitrogens with one attached hydrogen (secondary N) is 2. The number of hydrogen-bond donors (Lipinski definition) is 2. The monoisotopic (exact) mass is 634 g/mol. The summed E-state index contributed by atoms with van der Waals surface area (Å²) in [6, 6.07) is 9.51. The topological polar surface area (TPSA) is 98.3 Å². The average Bonchev–Trinajstić information content (AvgIpc) is 3.57. The van der Waals surface area contributed by atoms with Crippen LogP contribution in [0.1, 0.15) is 30.9 Å². The van der Waals surface area contributed by atoms with Gasteiger partial charge in [-0.15, -0.1) is 0 Å². The third-order valence-electron chi connectivity index (χ3n) is 8.99. The van der Waals surface area contributed by atoms with Crippen LogP contribution in [0.15, 0.2) is 55.4 Å². The van der Waals surface area contributed by atoms with Crippen molar-refractivity contribution in [2.24, 2.45) is 0 Å². The van der Waals surface area contributed by atoms with Gasteiger partial charge in [-0.25, -0.2) is 23.8 Å². The summed E-state index contributed by atoms with van der Waals surface area (Å²) in [6.07, 6.45) is 5.29. The lowest BCUT2D eigenvalue weighted by atomic mass is 10.0. The summed E-state index contributed by atoms with van der Waals surface area (Å²) in [4.78, 5) is 34.4. The highest BCUT2D eigenvalue weighted by atomic mass is 19.2. The zero-order valence-corrected chi connectivity index (χ0v) is 26.2. The summed E-state index contributed by atoms with van der Waals surface area (Å²) in [7, 11) is 3.77. The molecule has 3 fully saturated rings. The fourth-order valence-electron chi connectivity index (χ4n) is 6.43. The van der Waals surface area contributed by atoms with Crippen molar-refractivity contribution in [3.05, 3.63) is 72.6 Å². The molecule has 0 saturated carbocycles. The lowest BCUT2D eigenvalue weighted by Crippen LogP contribution is -2.52. The number of carbonyl (C=O) groups is 1. The van der Waals surface area contributed by atoms with Crippen molar-refractivity contribution in [2.75, 3.05) is 80.6 Å². The van der Waals surface area contributed by atoms with Crippen LogP contribution in [0, 0.1) is 11.6 Å². The molecule has 0 radical (unpaired) electrons. The van der Waals surface area contributed by atoms with Crippen LogP contribution in [-0.4, -0.2) is 91.7 Å². The van der Waals surface area contributed by atoms with Gasteiger partial charge in [-0.1, -0.05) is 12.6 Å². The lowest BCUT2D eigenvalue weighted by Gasteiger charge is -2.43. The molecule has 3 aromatic rings. The SMILES string of the molecule is C=CC(=O)Nc1cc(Nc2cc(N3OCCC3c3ccc(F)c(F)c3)ncn2)c(OC)cc1N1CCC(N2CCN(C)CC2)CC1. The standard InChI is InChI=1S/C33H40F2N8O3/c1-4-33(44)39-26-18-27(30(45-3)19-29(26)42-10-7-23(8-11-42)41-14-12-40(2)13-15-41)38-31-20-32(37-21-36-31)43-28(9-16-46-43)22-5-6-24(34)25(35)17-22/h4-6,17-21,23,28H,1,7-16H2,2-3H3,(H,39,44)(H,36,37,38). The molecule has 0 aliphatic carbocycles. The van der Waals surface area contributed by atoms with Gasteiger partial charge in [0.1, 0.15) is 17.9 Å². The first-order valence-electron chi connectivity index (χ1n) is 15.6. The predicted octanol–water partition coefficient (Wildman–Crippen LogP) is 4.73. The minimum absolute atomic E-state index is 0.316. The van der Waals surface area contributed by atoms with Gasteiger partial charge in [0, 0.05) is 63.9 Å². The Bertz CT molecular complexity index is 1560. The Hall–Kier alpha value is -4.33. The zero-order chi connectivity index (χ0) is 32.2. The third-order valence-corrected chi connectivity index (χ3v) is 8.99. The summed E-state index contributed by atoms with van der Waals surface area (Å²) >= 11 is 0. The molecule has 1 unspecified atom stereocenters. The quantitative estimate of drug-likeness (QED) is 0.322. The molecule has 0 spiro atoms. The number of halogens is 2. The van der Waals surface area contributed by atoms with E-state index in [0.717, 1.165) is 63.9 Å². The molecule has 1 aromatic heterocycles. The highest BCUT2D eigenvalue weighted by Crippen LogP contribution is 2.40. The second-order valence-corrected chi connectivity index (χ2v) is 11.8. The number of likely N-dealkylation sites (N-methyl/N-ethyl adjacent to an activating group) is 1. The van der Waals surface area contributed by atoms with Gasteiger partial charge in [-0.3, -0.25) is 14.5 Å². The molecule has 2 aromatic carbocycles. The van der Waals surface area contributed by atoms with Crippen LogP contribution in [0.25, 0.3) is 0 Å². The highest BCUT2D eigenvalue weighted by Gasteiger charge is 2.31. The van der Waals surface area contributed by atoms with Crippen molar-refractivity contribution in [3.8, 4) is 5.75 Å². The Morgan fingerprint density at radius 1 is 1.00 bits per heavy atom. The van der Waals surface area contributed by atoms with Crippen LogP contribution in [0.5, 0.6) is 5.75 Å². The number of rotatable bonds is 9. The lowest BCUT2D eigenvalue weighted by molar-refractivity contribution is -0.111. The summed E-state index contributed by atoms with van der Waals surface area (Å²) < 4.78 is 33.4. The maximum atomic E-state index is 14.0. The van der Waals surface area contributed by atoms with Gasteiger partial charge in [0.05, 0.1) is 36.8 Å². The Morgan fingerprint density at radius 2 is 1.78 bits per heavy atom. The number of ether oxygens (including phenoxy) is 1. The van der Waals surface area contributed by atoms with E-state index in [9.17, 15) is 13.6 Å². The van der Waals surface area contributed by atoms with E-state index >= 15 is 0 Å². The molecular formula is C33H40F2N8O3. The summed E-state index contributed by atoms with van der Waals surface area (Å²) in [5.41, 5.74) is 2.67. The summed E-state index contributed by atoms with van der Waals surface area (Å²) in [6.45, 7) is 10.1. The number of anilines is 5. The molecule has 3 aliphatic rings. The highest BCUT2D eigenvalue weighted by molar-refractivity contribution is 6.02. The van der Waals surface area contributed by atoms with Crippen molar-refractivity contribution in [3.63, 3.8) is 0 Å². The number of amides is 1. The molecule has 2 N–H and O–H groups in total. The predicted molar refractivity (Wildman–Crippen MR) is 174 cm³/mol. The normalized spacial score (nSPS) is 19.7. The van der Waals surface area contributed by atoms with E-state index < -0.39 is 11.6 Å². The van der Waals surface area contributed by atoms with Gasteiger partial charge in [-0.2, -0.15) is 0 Å². The number of benzene rings is 2. The smallest absolute Gasteiger partial charge is 0.247 e. The van der Waals surface area contributed by atoms with E-state index in [4.69, 9.17) is 9.57 Å². The molecule has 244 valence electrons. The van der Waals surface area contributed by atoms with Gasteiger partial charge in [0.15, 0.2) is 17.5 Å². The van der Waals surface area contributed by atoms with Crippen LogP contribution in [0.4, 0.5) is 37.5 Å². The van der Waals surface area contributed by atoms with Crippen LogP contribution < -0.4 is 25.3 Å². The number of nitrogens with zero attached hydrogens (tertiary/aromatic N) is 6. The number of carbonyl (C=O) groups excluding carboxylic acids is 1. The maximum absolute atomic E-state index is 14.0. The van der Waals surface area contributed by atoms with Crippen LogP contribution in [0.3, 0.4) is 0 Å². The van der Waals surface area contributed by atoms with E-state index in [1.165, 1.54) is 18.5 Å². The average molecular weight is 635 g/mol. The number of methoxy groups -OCH3 is 1. The number of piperidine rings is 1. The molecule has 4 heterocycles. The Kier molecular flexibility index (Phi) is 9.61. The number of hydroxylamine groups is 1. The fraction of sp³-hybridized carbons (Fsp3) is 0.424. The number of piperazine rings is 1. The summed E-state index contributed by atoms with van der Waals surface area (Å²) in [5, 5.41) is 7.86. The molecule has 6 rings (SSSR count). The van der Waals surface area contributed by atoms with Crippen molar-refractivity contribution in [1.82, 2.24) is 19.8 Å². The van der Waals surface area contributed by atoms with Gasteiger partial charge in [-0.05, 0) is 49.7 Å². The first-order valence-corrected chi connectivity index (χ1v) is 15.6. The van der Waals surface area contributed by atoms with Crippen LogP contribution >= 0.6 is 0 Å². The minimum Gasteiger partial charge on any atom is -0.494 e. The van der Waals surface area contributed by atoms with Gasteiger partial charge < -0.3 is 25.2 Å². The molecule has 3 saturated heterocycles. The van der Waals surface area contributed by atoms with Gasteiger partial charge in [0.25, 0.3) is 0 Å². The van der Waals surface area contributed by atoms with Crippen molar-refractivity contribution in [1.29, 1.82) is 0 Å². The van der Waals surface area contributed by atoms with Crippen molar-refractivity contribution in [2.45, 2.75) is 31.3 Å². The van der Waals surface area contributed by atoms with Gasteiger partial charge >= 0.3 is 0 Å². The first-order chi connectivity index (χ1) is 22.3. The van der Waals surface area contributed by atoms with Crippen molar-refractivity contribution < 1.29 is 23.1 Å². The van der Waals surface area contributed by atoms with Gasteiger partial charge in [0.2, 0.25) is 5.91 Å². The molecule has 11 nitrogen and oxygen atoms in total. The minimum atomic E-state index is -0.913. The van der Waals surface area contributed by atoms with E-state index in [-0.39, 0.29) is 11.9 Å². The van der Waals surface area contributed by atoms with E-state index in [1.807, 2.05) is 12.1 Å². The molecule has 1 atom stereocenters. The Balaban J connectivity index is 1.22. The molecule has 3 aliphatic heterocycles. The molecule has 13 heteroatoms. The number of hydrogen-bond acceptors (Lipinski definition) is 10. The fourth-order valence-corrected chi connectivity index (χ4v) is 6.43. The Labute approximate surface area is 267 Å². The first kappa shape index (κ1) is 31.6. The Morgan fingerprint density at radius 3 is 2.50 bits per heavy atom.